The fraction of sp³-hybridized carbons (Fsp3) is 0.206. The van der Waals surface area contributed by atoms with Gasteiger partial charge in [-0.3, -0.25) is 4.79 Å². The number of likely N-dealkylation sites (N-methyl/N-ethyl adjacent to an activating group) is 1. The first-order valence-electron chi connectivity index (χ1n) is 13.3. The van der Waals surface area contributed by atoms with Crippen LogP contribution in [0.3, 0.4) is 0 Å². The van der Waals surface area contributed by atoms with Crippen LogP contribution in [0.2, 0.25) is 0 Å². The van der Waals surface area contributed by atoms with E-state index in [2.05, 4.69) is 71.4 Å². The minimum Gasteiger partial charge on any atom is -0.497 e. The van der Waals surface area contributed by atoms with Crippen molar-refractivity contribution in [2.75, 3.05) is 13.7 Å². The summed E-state index contributed by atoms with van der Waals surface area (Å²) in [5.74, 6) is 1.73. The van der Waals surface area contributed by atoms with Gasteiger partial charge in [-0.15, -0.1) is 0 Å². The average molecular weight is 519 g/mol. The Bertz CT molecular complexity index is 1550. The maximum absolute atomic E-state index is 12.0. The van der Waals surface area contributed by atoms with Crippen LogP contribution in [0.15, 0.2) is 97.1 Å². The molecule has 0 spiro atoms. The second-order valence-electron chi connectivity index (χ2n) is 9.69. The quantitative estimate of drug-likeness (QED) is 0.218. The third-order valence-electron chi connectivity index (χ3n) is 7.00. The maximum atomic E-state index is 12.0. The molecule has 39 heavy (non-hydrogen) atoms. The van der Waals surface area contributed by atoms with Gasteiger partial charge in [0.2, 0.25) is 5.91 Å². The molecule has 5 aromatic rings. The SMILES string of the molecule is CCNC(=O)Cc1ccc(Cn2c(-c3ccc(OC)cc3)c(C)c3cc(OCc4ccccc4)ccc32)cc1. The van der Waals surface area contributed by atoms with Gasteiger partial charge < -0.3 is 19.4 Å². The minimum atomic E-state index is 0.0457. The highest BCUT2D eigenvalue weighted by molar-refractivity contribution is 5.92. The number of nitrogens with zero attached hydrogens (tertiary/aromatic N) is 1. The van der Waals surface area contributed by atoms with Gasteiger partial charge in [-0.25, -0.2) is 0 Å². The predicted molar refractivity (Wildman–Crippen MR) is 157 cm³/mol. The molecule has 5 nitrogen and oxygen atoms in total. The van der Waals surface area contributed by atoms with Gasteiger partial charge in [0.25, 0.3) is 0 Å². The molecule has 1 aromatic heterocycles. The Hall–Kier alpha value is -4.51. The number of rotatable bonds is 10. The summed E-state index contributed by atoms with van der Waals surface area (Å²) in [6.07, 6.45) is 0.391. The lowest BCUT2D eigenvalue weighted by atomic mass is 10.1. The Morgan fingerprint density at radius 3 is 2.21 bits per heavy atom. The number of ether oxygens (including phenoxy) is 2. The Morgan fingerprint density at radius 2 is 1.51 bits per heavy atom. The number of hydrogen-bond acceptors (Lipinski definition) is 3. The van der Waals surface area contributed by atoms with Crippen LogP contribution in [0.1, 0.15) is 29.2 Å². The van der Waals surface area contributed by atoms with E-state index in [1.165, 1.54) is 22.2 Å². The molecule has 4 aromatic carbocycles. The van der Waals surface area contributed by atoms with E-state index in [0.29, 0.717) is 26.1 Å². The molecule has 0 saturated heterocycles. The number of nitrogens with one attached hydrogen (secondary N) is 1. The number of amides is 1. The first kappa shape index (κ1) is 26.1. The summed E-state index contributed by atoms with van der Waals surface area (Å²) >= 11 is 0. The lowest BCUT2D eigenvalue weighted by molar-refractivity contribution is -0.120. The molecule has 198 valence electrons. The number of fused-ring (bicyclic) bond motifs is 1. The van der Waals surface area contributed by atoms with Crippen molar-refractivity contribution in [3.8, 4) is 22.8 Å². The van der Waals surface area contributed by atoms with E-state index >= 15 is 0 Å². The molecule has 0 unspecified atom stereocenters. The van der Waals surface area contributed by atoms with Crippen molar-refractivity contribution in [3.63, 3.8) is 0 Å². The van der Waals surface area contributed by atoms with E-state index in [9.17, 15) is 4.79 Å². The molecule has 0 aliphatic heterocycles. The van der Waals surface area contributed by atoms with E-state index in [1.54, 1.807) is 7.11 Å². The Morgan fingerprint density at radius 1 is 0.821 bits per heavy atom. The fourth-order valence-electron chi connectivity index (χ4n) is 5.01. The highest BCUT2D eigenvalue weighted by Gasteiger charge is 2.17. The van der Waals surface area contributed by atoms with E-state index in [0.717, 1.165) is 33.7 Å². The lowest BCUT2D eigenvalue weighted by Crippen LogP contribution is -2.24. The van der Waals surface area contributed by atoms with Gasteiger partial charge in [-0.2, -0.15) is 0 Å². The predicted octanol–water partition coefficient (Wildman–Crippen LogP) is 6.93. The van der Waals surface area contributed by atoms with Crippen molar-refractivity contribution in [1.29, 1.82) is 0 Å². The number of hydrogen-bond donors (Lipinski definition) is 1. The van der Waals surface area contributed by atoms with Gasteiger partial charge in [0, 0.05) is 24.0 Å². The highest BCUT2D eigenvalue weighted by Crippen LogP contribution is 2.36. The number of carbonyl (C=O) groups excluding carboxylic acids is 1. The van der Waals surface area contributed by atoms with Crippen molar-refractivity contribution in [2.24, 2.45) is 0 Å². The van der Waals surface area contributed by atoms with Gasteiger partial charge in [-0.1, -0.05) is 54.6 Å². The number of aromatic nitrogens is 1. The van der Waals surface area contributed by atoms with Gasteiger partial charge in [0.05, 0.1) is 19.2 Å². The summed E-state index contributed by atoms with van der Waals surface area (Å²) < 4.78 is 13.9. The molecule has 5 heteroatoms. The van der Waals surface area contributed by atoms with Crippen molar-refractivity contribution >= 4 is 16.8 Å². The monoisotopic (exact) mass is 518 g/mol. The maximum Gasteiger partial charge on any atom is 0.224 e. The summed E-state index contributed by atoms with van der Waals surface area (Å²) in [7, 11) is 1.68. The van der Waals surface area contributed by atoms with Gasteiger partial charge >= 0.3 is 0 Å². The van der Waals surface area contributed by atoms with Crippen LogP contribution in [0.4, 0.5) is 0 Å². The highest BCUT2D eigenvalue weighted by atomic mass is 16.5. The third kappa shape index (κ3) is 5.99. The largest absolute Gasteiger partial charge is 0.497 e. The van der Waals surface area contributed by atoms with Crippen LogP contribution in [0.5, 0.6) is 11.5 Å². The first-order valence-corrected chi connectivity index (χ1v) is 13.3. The topological polar surface area (TPSA) is 52.5 Å². The van der Waals surface area contributed by atoms with Crippen molar-refractivity contribution in [3.05, 3.63) is 119 Å². The lowest BCUT2D eigenvalue weighted by Gasteiger charge is -2.13. The van der Waals surface area contributed by atoms with E-state index in [4.69, 9.17) is 9.47 Å². The van der Waals surface area contributed by atoms with Crippen LogP contribution in [-0.2, 0) is 24.4 Å². The van der Waals surface area contributed by atoms with Crippen LogP contribution in [0, 0.1) is 6.92 Å². The molecule has 0 saturated carbocycles. The number of methoxy groups -OCH3 is 1. The molecule has 5 rings (SSSR count). The smallest absolute Gasteiger partial charge is 0.224 e. The van der Waals surface area contributed by atoms with Crippen LogP contribution < -0.4 is 14.8 Å². The van der Waals surface area contributed by atoms with Crippen LogP contribution in [-0.4, -0.2) is 24.1 Å². The van der Waals surface area contributed by atoms with E-state index in [-0.39, 0.29) is 5.91 Å². The third-order valence-corrected chi connectivity index (χ3v) is 7.00. The van der Waals surface area contributed by atoms with Crippen LogP contribution >= 0.6 is 0 Å². The minimum absolute atomic E-state index is 0.0457. The molecule has 1 heterocycles. The normalized spacial score (nSPS) is 10.9. The summed E-state index contributed by atoms with van der Waals surface area (Å²) in [5, 5.41) is 4.03. The average Bonchev–Trinajstić information content (AvgIpc) is 3.24. The second-order valence-corrected chi connectivity index (χ2v) is 9.69. The zero-order valence-corrected chi connectivity index (χ0v) is 22.7. The number of benzene rings is 4. The molecule has 1 N–H and O–H groups in total. The summed E-state index contributed by atoms with van der Waals surface area (Å²) in [5.41, 5.74) is 7.97. The van der Waals surface area contributed by atoms with E-state index in [1.807, 2.05) is 49.4 Å². The molecule has 0 aliphatic carbocycles. The molecular formula is C34H34N2O3. The van der Waals surface area contributed by atoms with Crippen molar-refractivity contribution in [1.82, 2.24) is 9.88 Å². The van der Waals surface area contributed by atoms with Crippen molar-refractivity contribution < 1.29 is 14.3 Å². The molecule has 0 bridgehead atoms. The van der Waals surface area contributed by atoms with Crippen LogP contribution in [0.25, 0.3) is 22.2 Å². The molecule has 1 amide bonds. The zero-order valence-electron chi connectivity index (χ0n) is 22.7. The molecular weight excluding hydrogens is 484 g/mol. The summed E-state index contributed by atoms with van der Waals surface area (Å²) in [6, 6.07) is 33.1. The molecule has 0 radical (unpaired) electrons. The Kier molecular flexibility index (Phi) is 7.97. The Labute approximate surface area is 230 Å². The number of carbonyl (C=O) groups is 1. The standard InChI is InChI=1S/C34H34N2O3/c1-4-35-33(37)20-25-10-12-26(13-11-25)22-36-32-19-18-30(39-23-27-8-6-5-7-9-27)21-31(32)24(2)34(36)28-14-16-29(38-3)17-15-28/h5-19,21H,4,20,22-23H2,1-3H3,(H,35,37). The first-order chi connectivity index (χ1) is 19.1. The molecule has 0 fully saturated rings. The summed E-state index contributed by atoms with van der Waals surface area (Å²) in [6.45, 7) is 5.99. The zero-order chi connectivity index (χ0) is 27.2. The molecule has 0 atom stereocenters. The molecule has 0 aliphatic rings. The van der Waals surface area contributed by atoms with E-state index < -0.39 is 0 Å². The Balaban J connectivity index is 1.49. The fourth-order valence-corrected chi connectivity index (χ4v) is 5.01. The second kappa shape index (κ2) is 11.9. The van der Waals surface area contributed by atoms with Gasteiger partial charge in [0.15, 0.2) is 0 Å². The van der Waals surface area contributed by atoms with Gasteiger partial charge in [-0.05, 0) is 84.1 Å². The number of aryl methyl sites for hydroxylation is 1. The summed E-state index contributed by atoms with van der Waals surface area (Å²) in [4.78, 5) is 12.0. The van der Waals surface area contributed by atoms with Gasteiger partial charge in [0.1, 0.15) is 18.1 Å². The van der Waals surface area contributed by atoms with Crippen molar-refractivity contribution in [2.45, 2.75) is 33.4 Å².